The van der Waals surface area contributed by atoms with Crippen molar-refractivity contribution in [1.29, 1.82) is 0 Å². The summed E-state index contributed by atoms with van der Waals surface area (Å²) in [6, 6.07) is -1.11. The van der Waals surface area contributed by atoms with E-state index in [0.29, 0.717) is 32.2 Å². The van der Waals surface area contributed by atoms with Gasteiger partial charge in [-0.3, -0.25) is 14.4 Å². The van der Waals surface area contributed by atoms with Gasteiger partial charge in [0, 0.05) is 40.7 Å². The Kier molecular flexibility index (Phi) is 18.4. The molecule has 1 aliphatic heterocycles. The van der Waals surface area contributed by atoms with Gasteiger partial charge in [-0.2, -0.15) is 0 Å². The van der Waals surface area contributed by atoms with Crippen LogP contribution in [-0.4, -0.2) is 80.0 Å². The minimum atomic E-state index is -0.729. The Labute approximate surface area is 237 Å². The monoisotopic (exact) mass is 546 g/mol. The molecule has 0 N–H and O–H groups in total. The highest BCUT2D eigenvalue weighted by molar-refractivity contribution is 5.93. The van der Waals surface area contributed by atoms with Crippen molar-refractivity contribution in [1.82, 2.24) is 9.80 Å². The molecule has 0 aromatic heterocycles. The van der Waals surface area contributed by atoms with Crippen molar-refractivity contribution in [2.45, 2.75) is 116 Å². The van der Waals surface area contributed by atoms with Crippen LogP contribution in [0.3, 0.4) is 0 Å². The van der Waals surface area contributed by atoms with Gasteiger partial charge in [-0.1, -0.05) is 69.1 Å². The van der Waals surface area contributed by atoms with Gasteiger partial charge in [0.2, 0.25) is 11.8 Å². The lowest BCUT2D eigenvalue weighted by Crippen LogP contribution is -2.53. The second-order valence-corrected chi connectivity index (χ2v) is 10.5. The van der Waals surface area contributed by atoms with Crippen LogP contribution < -0.4 is 0 Å². The molecule has 1 rings (SSSR count). The van der Waals surface area contributed by atoms with E-state index < -0.39 is 6.04 Å². The lowest BCUT2D eigenvalue weighted by Gasteiger charge is -2.32. The molecule has 0 aromatic carbocycles. The van der Waals surface area contributed by atoms with Crippen LogP contribution in [0.25, 0.3) is 0 Å². The topological polar surface area (TPSA) is 76.2 Å². The standard InChI is InChI=1S/C32H54N2O5/c1-7-9-10-11-12-13-15-19-26(3)24-27(39-6)20-16-14-17-22-31(36)33(4)29(25-38-5)32(37)34-23-18-21-28(34)30(35)8-2/h13-16,24,27-29H,7-12,17-23,25H2,1-6H3/b15-13+,16-14+,26-24+/t27-,28+,29+/m1/s1. The second-order valence-electron chi connectivity index (χ2n) is 10.5. The highest BCUT2D eigenvalue weighted by Crippen LogP contribution is 2.22. The minimum Gasteiger partial charge on any atom is -0.382 e. The van der Waals surface area contributed by atoms with Crippen LogP contribution in [0.5, 0.6) is 0 Å². The molecule has 0 unspecified atom stereocenters. The number of Topliss-reactive ketones (excluding diaryl/α,β-unsaturated/α-hetero) is 1. The van der Waals surface area contributed by atoms with E-state index in [9.17, 15) is 14.4 Å². The first-order chi connectivity index (χ1) is 18.8. The van der Waals surface area contributed by atoms with Crippen LogP contribution in [-0.2, 0) is 23.9 Å². The lowest BCUT2D eigenvalue weighted by molar-refractivity contribution is -0.148. The molecule has 1 heterocycles. The molecule has 0 aromatic rings. The highest BCUT2D eigenvalue weighted by Gasteiger charge is 2.38. The fourth-order valence-electron chi connectivity index (χ4n) is 4.90. The first-order valence-corrected chi connectivity index (χ1v) is 14.9. The van der Waals surface area contributed by atoms with Crippen LogP contribution in [0.15, 0.2) is 36.0 Å². The van der Waals surface area contributed by atoms with E-state index in [1.165, 1.54) is 43.3 Å². The summed E-state index contributed by atoms with van der Waals surface area (Å²) < 4.78 is 10.9. The van der Waals surface area contributed by atoms with E-state index in [1.807, 2.05) is 13.0 Å². The zero-order valence-electron chi connectivity index (χ0n) is 25.5. The van der Waals surface area contributed by atoms with Gasteiger partial charge < -0.3 is 19.3 Å². The Morgan fingerprint density at radius 2 is 1.77 bits per heavy atom. The van der Waals surface area contributed by atoms with E-state index in [0.717, 1.165) is 25.7 Å². The molecule has 3 atom stereocenters. The highest BCUT2D eigenvalue weighted by atomic mass is 16.5. The summed E-state index contributed by atoms with van der Waals surface area (Å²) in [6.45, 7) is 6.84. The lowest BCUT2D eigenvalue weighted by atomic mass is 10.1. The second kappa shape index (κ2) is 20.6. The molecule has 1 aliphatic rings. The average molecular weight is 547 g/mol. The molecular formula is C32H54N2O5. The van der Waals surface area contributed by atoms with Crippen molar-refractivity contribution in [3.05, 3.63) is 36.0 Å². The Balaban J connectivity index is 2.53. The summed E-state index contributed by atoms with van der Waals surface area (Å²) in [5.41, 5.74) is 1.28. The van der Waals surface area contributed by atoms with Gasteiger partial charge in [-0.25, -0.2) is 0 Å². The summed E-state index contributed by atoms with van der Waals surface area (Å²) in [4.78, 5) is 41.6. The molecule has 222 valence electrons. The van der Waals surface area contributed by atoms with Crippen molar-refractivity contribution >= 4 is 17.6 Å². The maximum Gasteiger partial charge on any atom is 0.248 e. The Morgan fingerprint density at radius 3 is 2.44 bits per heavy atom. The number of ether oxygens (including phenoxy) is 2. The number of amides is 2. The number of likely N-dealkylation sites (N-methyl/N-ethyl adjacent to an activating group) is 1. The van der Waals surface area contributed by atoms with Crippen LogP contribution in [0.4, 0.5) is 0 Å². The number of carbonyl (C=O) groups excluding carboxylic acids is 3. The smallest absolute Gasteiger partial charge is 0.248 e. The predicted octanol–water partition coefficient (Wildman–Crippen LogP) is 6.03. The van der Waals surface area contributed by atoms with Crippen LogP contribution >= 0.6 is 0 Å². The molecule has 7 nitrogen and oxygen atoms in total. The molecule has 0 bridgehead atoms. The molecule has 1 fully saturated rings. The number of methoxy groups -OCH3 is 2. The summed E-state index contributed by atoms with van der Waals surface area (Å²) in [5.74, 6) is -0.248. The van der Waals surface area contributed by atoms with Crippen molar-refractivity contribution in [2.24, 2.45) is 0 Å². The number of likely N-dealkylation sites (tertiary alicyclic amines) is 1. The number of nitrogens with zero attached hydrogens (tertiary/aromatic N) is 2. The van der Waals surface area contributed by atoms with E-state index in [2.05, 4.69) is 38.2 Å². The Bertz CT molecular complexity index is 819. The third-order valence-corrected chi connectivity index (χ3v) is 7.39. The number of unbranched alkanes of at least 4 members (excludes halogenated alkanes) is 4. The quantitative estimate of drug-likeness (QED) is 0.138. The fraction of sp³-hybridized carbons (Fsp3) is 0.719. The molecule has 39 heavy (non-hydrogen) atoms. The van der Waals surface area contributed by atoms with Gasteiger partial charge >= 0.3 is 0 Å². The summed E-state index contributed by atoms with van der Waals surface area (Å²) in [6.07, 6.45) is 21.5. The van der Waals surface area contributed by atoms with E-state index in [4.69, 9.17) is 9.47 Å². The number of hydrogen-bond donors (Lipinski definition) is 0. The van der Waals surface area contributed by atoms with E-state index >= 15 is 0 Å². The molecule has 0 aliphatic carbocycles. The van der Waals surface area contributed by atoms with Crippen molar-refractivity contribution in [3.8, 4) is 0 Å². The summed E-state index contributed by atoms with van der Waals surface area (Å²) in [5, 5.41) is 0. The number of allylic oxidation sites excluding steroid dienone is 4. The third-order valence-electron chi connectivity index (χ3n) is 7.39. The normalized spacial score (nSPS) is 17.7. The van der Waals surface area contributed by atoms with Crippen molar-refractivity contribution in [3.63, 3.8) is 0 Å². The zero-order valence-corrected chi connectivity index (χ0v) is 25.5. The summed E-state index contributed by atoms with van der Waals surface area (Å²) in [7, 11) is 4.89. The minimum absolute atomic E-state index is 0.000484. The predicted molar refractivity (Wildman–Crippen MR) is 159 cm³/mol. The molecule has 0 spiro atoms. The number of carbonyl (C=O) groups is 3. The maximum absolute atomic E-state index is 13.3. The van der Waals surface area contributed by atoms with Crippen LogP contribution in [0.1, 0.15) is 97.8 Å². The van der Waals surface area contributed by atoms with Gasteiger partial charge in [-0.15, -0.1) is 0 Å². The maximum atomic E-state index is 13.3. The largest absolute Gasteiger partial charge is 0.382 e. The molecule has 0 radical (unpaired) electrons. The van der Waals surface area contributed by atoms with Crippen molar-refractivity contribution in [2.75, 3.05) is 34.4 Å². The Morgan fingerprint density at radius 1 is 1.03 bits per heavy atom. The number of ketones is 1. The van der Waals surface area contributed by atoms with Gasteiger partial charge in [0.15, 0.2) is 5.78 Å². The van der Waals surface area contributed by atoms with Crippen LogP contribution in [0, 0.1) is 0 Å². The number of hydrogen-bond acceptors (Lipinski definition) is 5. The summed E-state index contributed by atoms with van der Waals surface area (Å²) >= 11 is 0. The first-order valence-electron chi connectivity index (χ1n) is 14.9. The van der Waals surface area contributed by atoms with Crippen molar-refractivity contribution < 1.29 is 23.9 Å². The van der Waals surface area contributed by atoms with Gasteiger partial charge in [0.25, 0.3) is 0 Å². The third kappa shape index (κ3) is 13.1. The Hall–Kier alpha value is -2.25. The molecular weight excluding hydrogens is 492 g/mol. The fourth-order valence-corrected chi connectivity index (χ4v) is 4.90. The molecule has 1 saturated heterocycles. The van der Waals surface area contributed by atoms with Gasteiger partial charge in [0.05, 0.1) is 18.8 Å². The molecule has 2 amide bonds. The van der Waals surface area contributed by atoms with Gasteiger partial charge in [0.1, 0.15) is 6.04 Å². The molecule has 0 saturated carbocycles. The van der Waals surface area contributed by atoms with E-state index in [1.54, 1.807) is 19.1 Å². The zero-order chi connectivity index (χ0) is 29.0. The van der Waals surface area contributed by atoms with Gasteiger partial charge in [-0.05, 0) is 51.9 Å². The number of rotatable bonds is 20. The van der Waals surface area contributed by atoms with Crippen LogP contribution in [0.2, 0.25) is 0 Å². The first kappa shape index (κ1) is 34.8. The average Bonchev–Trinajstić information content (AvgIpc) is 3.43. The molecule has 7 heteroatoms. The SMILES string of the molecule is CCCCCC/C=C/C/C(C)=C/[C@@H](C/C=C/CCC(=O)N(C)[C@@H](COC)C(=O)N1CCC[C@H]1C(=O)CC)OC. The van der Waals surface area contributed by atoms with E-state index in [-0.39, 0.29) is 36.4 Å².